The Balaban J connectivity index is 1.83. The normalized spacial score (nSPS) is 17.1. The van der Waals surface area contributed by atoms with Crippen LogP contribution in [0.1, 0.15) is 16.1 Å². The number of aryl methyl sites for hydroxylation is 1. The second-order valence-electron chi connectivity index (χ2n) is 4.52. The molecule has 0 bridgehead atoms. The van der Waals surface area contributed by atoms with E-state index in [1.54, 1.807) is 24.8 Å². The molecule has 1 amide bonds. The Labute approximate surface area is 122 Å². The summed E-state index contributed by atoms with van der Waals surface area (Å²) in [5.74, 6) is 1.44. The molecule has 1 N–H and O–H groups in total. The Kier molecular flexibility index (Phi) is 5.11. The van der Waals surface area contributed by atoms with E-state index >= 15 is 0 Å². The van der Waals surface area contributed by atoms with Gasteiger partial charge in [0.1, 0.15) is 0 Å². The van der Waals surface area contributed by atoms with Crippen LogP contribution in [0, 0.1) is 6.92 Å². The Bertz CT molecular complexity index is 562. The van der Waals surface area contributed by atoms with Crippen molar-refractivity contribution >= 4 is 27.7 Å². The summed E-state index contributed by atoms with van der Waals surface area (Å²) < 4.78 is 30.7. The van der Waals surface area contributed by atoms with Crippen LogP contribution < -0.4 is 5.32 Å². The zero-order valence-corrected chi connectivity index (χ0v) is 12.9. The molecule has 0 spiro atoms. The van der Waals surface area contributed by atoms with Crippen LogP contribution in [0.3, 0.4) is 0 Å². The maximum Gasteiger partial charge on any atom is 0.287 e. The number of sulfonamides is 1. The van der Waals surface area contributed by atoms with Gasteiger partial charge >= 0.3 is 0 Å². The maximum atomic E-state index is 12.1. The first-order valence-corrected chi connectivity index (χ1v) is 9.15. The zero-order valence-electron chi connectivity index (χ0n) is 11.3. The van der Waals surface area contributed by atoms with E-state index in [9.17, 15) is 13.2 Å². The molecule has 0 unspecified atom stereocenters. The summed E-state index contributed by atoms with van der Waals surface area (Å²) in [6.45, 7) is 2.96. The fraction of sp³-hybridized carbons (Fsp3) is 0.583. The van der Waals surface area contributed by atoms with E-state index < -0.39 is 10.0 Å². The average molecular weight is 318 g/mol. The molecule has 1 aromatic rings. The third-order valence-electron chi connectivity index (χ3n) is 3.08. The highest BCUT2D eigenvalue weighted by Gasteiger charge is 2.24. The predicted octanol–water partition coefficient (Wildman–Crippen LogP) is 0.696. The number of furan rings is 1. The first kappa shape index (κ1) is 15.4. The fourth-order valence-corrected chi connectivity index (χ4v) is 4.42. The van der Waals surface area contributed by atoms with Gasteiger partial charge in [-0.05, 0) is 13.0 Å². The Hall–Kier alpha value is -0.990. The molecule has 1 aromatic heterocycles. The van der Waals surface area contributed by atoms with Crippen molar-refractivity contribution in [2.45, 2.75) is 6.92 Å². The number of nitrogens with zero attached hydrogens (tertiary/aromatic N) is 1. The minimum absolute atomic E-state index is 0.0802. The second-order valence-corrected chi connectivity index (χ2v) is 7.83. The standard InChI is InChI=1S/C12H18N2O4S2/c1-10-2-6-18-11(10)12(15)13-3-9-20(16,17)14-4-7-19-8-5-14/h2,6H,3-5,7-9H2,1H3,(H,13,15). The monoisotopic (exact) mass is 318 g/mol. The number of nitrogens with one attached hydrogen (secondary N) is 1. The van der Waals surface area contributed by atoms with Crippen LogP contribution in [0.5, 0.6) is 0 Å². The fourth-order valence-electron chi connectivity index (χ4n) is 1.93. The summed E-state index contributed by atoms with van der Waals surface area (Å²) in [5.41, 5.74) is 0.735. The lowest BCUT2D eigenvalue weighted by Crippen LogP contribution is -2.41. The van der Waals surface area contributed by atoms with Crippen molar-refractivity contribution in [3.05, 3.63) is 23.7 Å². The van der Waals surface area contributed by atoms with Crippen molar-refractivity contribution in [1.82, 2.24) is 9.62 Å². The van der Waals surface area contributed by atoms with E-state index in [2.05, 4.69) is 5.32 Å². The van der Waals surface area contributed by atoms with Crippen molar-refractivity contribution in [3.63, 3.8) is 0 Å². The third kappa shape index (κ3) is 3.77. The van der Waals surface area contributed by atoms with Crippen molar-refractivity contribution in [2.24, 2.45) is 0 Å². The minimum Gasteiger partial charge on any atom is -0.459 e. The van der Waals surface area contributed by atoms with Gasteiger partial charge < -0.3 is 9.73 Å². The molecule has 1 aliphatic rings. The van der Waals surface area contributed by atoms with Crippen LogP contribution >= 0.6 is 11.8 Å². The lowest BCUT2D eigenvalue weighted by atomic mass is 10.3. The van der Waals surface area contributed by atoms with Crippen LogP contribution in [0.25, 0.3) is 0 Å². The maximum absolute atomic E-state index is 12.1. The summed E-state index contributed by atoms with van der Waals surface area (Å²) in [6, 6.07) is 1.69. The Morgan fingerprint density at radius 2 is 2.15 bits per heavy atom. The lowest BCUT2D eigenvalue weighted by molar-refractivity contribution is 0.0927. The quantitative estimate of drug-likeness (QED) is 0.864. The Morgan fingerprint density at radius 1 is 1.45 bits per heavy atom. The van der Waals surface area contributed by atoms with Gasteiger partial charge in [0.15, 0.2) is 5.76 Å². The number of carbonyl (C=O) groups excluding carboxylic acids is 1. The number of hydrogen-bond donors (Lipinski definition) is 1. The molecule has 0 aromatic carbocycles. The number of carbonyl (C=O) groups is 1. The van der Waals surface area contributed by atoms with Crippen LogP contribution in [-0.2, 0) is 10.0 Å². The molecule has 0 saturated carbocycles. The second kappa shape index (κ2) is 6.64. The average Bonchev–Trinajstić information content (AvgIpc) is 2.86. The Morgan fingerprint density at radius 3 is 2.75 bits per heavy atom. The molecule has 2 rings (SSSR count). The van der Waals surface area contributed by atoms with Crippen LogP contribution in [0.15, 0.2) is 16.7 Å². The van der Waals surface area contributed by atoms with Crippen molar-refractivity contribution in [1.29, 1.82) is 0 Å². The molecule has 0 aliphatic carbocycles. The van der Waals surface area contributed by atoms with Crippen LogP contribution in [0.4, 0.5) is 0 Å². The number of thioether (sulfide) groups is 1. The summed E-state index contributed by atoms with van der Waals surface area (Å²) in [5, 5.41) is 2.58. The van der Waals surface area contributed by atoms with Gasteiger partial charge in [0, 0.05) is 36.7 Å². The molecule has 6 nitrogen and oxygen atoms in total. The van der Waals surface area contributed by atoms with E-state index in [0.29, 0.717) is 13.1 Å². The van der Waals surface area contributed by atoms with E-state index in [1.165, 1.54) is 10.6 Å². The van der Waals surface area contributed by atoms with Gasteiger partial charge in [0.05, 0.1) is 12.0 Å². The molecule has 1 saturated heterocycles. The first-order valence-electron chi connectivity index (χ1n) is 6.38. The topological polar surface area (TPSA) is 79.6 Å². The molecule has 20 heavy (non-hydrogen) atoms. The van der Waals surface area contributed by atoms with Crippen LogP contribution in [0.2, 0.25) is 0 Å². The largest absolute Gasteiger partial charge is 0.459 e. The summed E-state index contributed by atoms with van der Waals surface area (Å²) >= 11 is 1.76. The minimum atomic E-state index is -3.28. The number of hydrogen-bond acceptors (Lipinski definition) is 5. The van der Waals surface area contributed by atoms with Gasteiger partial charge in [0.25, 0.3) is 5.91 Å². The first-order chi connectivity index (χ1) is 9.50. The van der Waals surface area contributed by atoms with Gasteiger partial charge in [-0.25, -0.2) is 12.7 Å². The van der Waals surface area contributed by atoms with Gasteiger partial charge in [-0.3, -0.25) is 4.79 Å². The van der Waals surface area contributed by atoms with Gasteiger partial charge in [0.2, 0.25) is 10.0 Å². The van der Waals surface area contributed by atoms with E-state index in [0.717, 1.165) is 17.1 Å². The van der Waals surface area contributed by atoms with E-state index in [-0.39, 0.29) is 24.0 Å². The summed E-state index contributed by atoms with van der Waals surface area (Å²) in [6.07, 6.45) is 1.44. The smallest absolute Gasteiger partial charge is 0.287 e. The molecular formula is C12H18N2O4S2. The molecule has 1 fully saturated rings. The summed E-state index contributed by atoms with van der Waals surface area (Å²) in [7, 11) is -3.28. The van der Waals surface area contributed by atoms with Gasteiger partial charge in [-0.15, -0.1) is 0 Å². The molecule has 2 heterocycles. The SMILES string of the molecule is Cc1ccoc1C(=O)NCCS(=O)(=O)N1CCSCC1. The van der Waals surface area contributed by atoms with E-state index in [1.807, 2.05) is 0 Å². The van der Waals surface area contributed by atoms with E-state index in [4.69, 9.17) is 4.42 Å². The molecule has 0 radical (unpaired) electrons. The summed E-state index contributed by atoms with van der Waals surface area (Å²) in [4.78, 5) is 11.8. The van der Waals surface area contributed by atoms with Gasteiger partial charge in [-0.1, -0.05) is 0 Å². The molecule has 1 aliphatic heterocycles. The van der Waals surface area contributed by atoms with Crippen molar-refractivity contribution < 1.29 is 17.6 Å². The molecule has 112 valence electrons. The third-order valence-corrected chi connectivity index (χ3v) is 5.89. The highest BCUT2D eigenvalue weighted by Crippen LogP contribution is 2.13. The van der Waals surface area contributed by atoms with Crippen molar-refractivity contribution in [3.8, 4) is 0 Å². The number of amides is 1. The predicted molar refractivity (Wildman–Crippen MR) is 78.5 cm³/mol. The molecular weight excluding hydrogens is 300 g/mol. The zero-order chi connectivity index (χ0) is 14.6. The molecule has 8 heteroatoms. The highest BCUT2D eigenvalue weighted by molar-refractivity contribution is 7.99. The van der Waals surface area contributed by atoms with Gasteiger partial charge in [-0.2, -0.15) is 11.8 Å². The lowest BCUT2D eigenvalue weighted by Gasteiger charge is -2.25. The number of rotatable bonds is 5. The van der Waals surface area contributed by atoms with Crippen molar-refractivity contribution in [2.75, 3.05) is 36.9 Å². The molecule has 0 atom stereocenters. The highest BCUT2D eigenvalue weighted by atomic mass is 32.2. The van der Waals surface area contributed by atoms with Crippen LogP contribution in [-0.4, -0.2) is 55.5 Å².